The zero-order valence-corrected chi connectivity index (χ0v) is 16.1. The molecule has 0 aromatic carbocycles. The Balaban J connectivity index is 1.23. The minimum atomic E-state index is 0.0719. The Morgan fingerprint density at radius 1 is 1.18 bits per heavy atom. The van der Waals surface area contributed by atoms with Crippen molar-refractivity contribution in [2.24, 2.45) is 5.92 Å². The minimum Gasteiger partial charge on any atom is -0.357 e. The number of ether oxygens (including phenoxy) is 1. The molecule has 0 spiro atoms. The lowest BCUT2D eigenvalue weighted by atomic mass is 9.89. The number of hydrogen-bond donors (Lipinski definition) is 1. The van der Waals surface area contributed by atoms with Crippen molar-refractivity contribution in [3.05, 3.63) is 36.9 Å². The molecule has 0 radical (unpaired) electrons. The van der Waals surface area contributed by atoms with Crippen LogP contribution in [0.3, 0.4) is 0 Å². The summed E-state index contributed by atoms with van der Waals surface area (Å²) in [5, 5.41) is 9.53. The fourth-order valence-corrected chi connectivity index (χ4v) is 5.36. The molecule has 28 heavy (non-hydrogen) atoms. The average molecular weight is 377 g/mol. The van der Waals surface area contributed by atoms with Crippen LogP contribution in [0.15, 0.2) is 36.9 Å². The van der Waals surface area contributed by atoms with Crippen LogP contribution in [-0.4, -0.2) is 38.0 Å². The van der Waals surface area contributed by atoms with Gasteiger partial charge in [0.15, 0.2) is 0 Å². The van der Waals surface area contributed by atoms with Crippen LogP contribution in [0.1, 0.15) is 44.8 Å². The summed E-state index contributed by atoms with van der Waals surface area (Å²) < 4.78 is 10.2. The quantitative estimate of drug-likeness (QED) is 0.753. The summed E-state index contributed by atoms with van der Waals surface area (Å²) in [7, 11) is 0. The molecule has 2 bridgehead atoms. The van der Waals surface area contributed by atoms with Gasteiger partial charge < -0.3 is 14.6 Å². The third kappa shape index (κ3) is 2.86. The number of hydrogen-bond acceptors (Lipinski definition) is 4. The third-order valence-electron chi connectivity index (χ3n) is 6.87. The second kappa shape index (κ2) is 6.71. The number of nitrogens with one attached hydrogen (secondary N) is 1. The minimum absolute atomic E-state index is 0.0719. The van der Waals surface area contributed by atoms with E-state index < -0.39 is 0 Å². The fraction of sp³-hybridized carbons (Fsp3) is 0.545. The van der Waals surface area contributed by atoms with E-state index in [9.17, 15) is 0 Å². The zero-order valence-electron chi connectivity index (χ0n) is 16.1. The van der Waals surface area contributed by atoms with Crippen molar-refractivity contribution >= 4 is 10.9 Å². The molecule has 3 aromatic rings. The van der Waals surface area contributed by atoms with Crippen molar-refractivity contribution in [3.8, 4) is 11.3 Å². The van der Waals surface area contributed by atoms with Gasteiger partial charge in [-0.2, -0.15) is 5.10 Å². The molecule has 4 unspecified atom stereocenters. The average Bonchev–Trinajstić information content (AvgIpc) is 3.53. The monoisotopic (exact) mass is 377 g/mol. The van der Waals surface area contributed by atoms with E-state index in [1.54, 1.807) is 0 Å². The van der Waals surface area contributed by atoms with Crippen molar-refractivity contribution in [2.75, 3.05) is 6.61 Å². The summed E-state index contributed by atoms with van der Waals surface area (Å²) in [4.78, 5) is 4.76. The molecular weight excluding hydrogens is 350 g/mol. The second-order valence-electron chi connectivity index (χ2n) is 8.67. The molecule has 6 heterocycles. The Morgan fingerprint density at radius 2 is 2.18 bits per heavy atom. The van der Waals surface area contributed by atoms with E-state index >= 15 is 0 Å². The van der Waals surface area contributed by atoms with Crippen LogP contribution in [-0.2, 0) is 11.3 Å². The highest BCUT2D eigenvalue weighted by molar-refractivity contribution is 5.83. The van der Waals surface area contributed by atoms with E-state index in [0.29, 0.717) is 6.04 Å². The third-order valence-corrected chi connectivity index (χ3v) is 6.87. The molecule has 1 N–H and O–H groups in total. The summed E-state index contributed by atoms with van der Waals surface area (Å²) in [6, 6.07) is 5.87. The van der Waals surface area contributed by atoms with E-state index in [-0.39, 0.29) is 6.23 Å². The summed E-state index contributed by atoms with van der Waals surface area (Å²) in [6.45, 7) is 1.92. The van der Waals surface area contributed by atoms with Gasteiger partial charge in [0.05, 0.1) is 23.6 Å². The van der Waals surface area contributed by atoms with Crippen molar-refractivity contribution in [3.63, 3.8) is 0 Å². The van der Waals surface area contributed by atoms with Gasteiger partial charge in [-0.05, 0) is 56.6 Å². The predicted molar refractivity (Wildman–Crippen MR) is 108 cm³/mol. The van der Waals surface area contributed by atoms with Gasteiger partial charge in [-0.25, -0.2) is 4.68 Å². The molecule has 3 aliphatic rings. The Labute approximate surface area is 164 Å². The standard InChI is InChI=1S/C22H27N5O/c1-2-8-28-22(3-1)27-14-17(11-24-27)20-10-15-6-7-26(21(15)12-23-20)13-16-9-18-4-5-19(16)25-18/h6-7,10-12,14,16,18-19,22,25H,1-5,8-9,13H2. The molecule has 6 heteroatoms. The van der Waals surface area contributed by atoms with Crippen molar-refractivity contribution in [1.82, 2.24) is 24.6 Å². The molecule has 3 aliphatic heterocycles. The number of rotatable bonds is 4. The van der Waals surface area contributed by atoms with Gasteiger partial charge in [-0.1, -0.05) is 0 Å². The molecule has 3 aromatic heterocycles. The lowest BCUT2D eigenvalue weighted by Gasteiger charge is -2.22. The van der Waals surface area contributed by atoms with Gasteiger partial charge >= 0.3 is 0 Å². The maximum absolute atomic E-state index is 5.84. The normalized spacial score (nSPS) is 29.7. The van der Waals surface area contributed by atoms with Gasteiger partial charge in [0.25, 0.3) is 0 Å². The van der Waals surface area contributed by atoms with Crippen LogP contribution < -0.4 is 5.32 Å². The largest absolute Gasteiger partial charge is 0.357 e. The Kier molecular flexibility index (Phi) is 4.01. The number of aromatic nitrogens is 4. The van der Waals surface area contributed by atoms with Crippen LogP contribution in [0.25, 0.3) is 22.2 Å². The number of fused-ring (bicyclic) bond motifs is 3. The summed E-state index contributed by atoms with van der Waals surface area (Å²) in [5.74, 6) is 0.753. The smallest absolute Gasteiger partial charge is 0.150 e. The van der Waals surface area contributed by atoms with Gasteiger partial charge in [-0.15, -0.1) is 0 Å². The van der Waals surface area contributed by atoms with E-state index in [2.05, 4.69) is 39.5 Å². The van der Waals surface area contributed by atoms with Crippen LogP contribution in [0.2, 0.25) is 0 Å². The molecule has 4 atom stereocenters. The van der Waals surface area contributed by atoms with E-state index in [1.807, 2.05) is 17.1 Å². The van der Waals surface area contributed by atoms with Crippen LogP contribution >= 0.6 is 0 Å². The van der Waals surface area contributed by atoms with Crippen molar-refractivity contribution in [1.29, 1.82) is 0 Å². The second-order valence-corrected chi connectivity index (χ2v) is 8.67. The van der Waals surface area contributed by atoms with Gasteiger partial charge in [-0.3, -0.25) is 4.98 Å². The first-order chi connectivity index (χ1) is 13.8. The molecule has 6 nitrogen and oxygen atoms in total. The molecule has 146 valence electrons. The Bertz CT molecular complexity index is 986. The van der Waals surface area contributed by atoms with Crippen molar-refractivity contribution < 1.29 is 4.74 Å². The molecule has 0 amide bonds. The molecule has 3 saturated heterocycles. The molecule has 3 fully saturated rings. The predicted octanol–water partition coefficient (Wildman–Crippen LogP) is 3.74. The molecule has 0 aliphatic carbocycles. The van der Waals surface area contributed by atoms with Crippen LogP contribution in [0, 0.1) is 5.92 Å². The summed E-state index contributed by atoms with van der Waals surface area (Å²) >= 11 is 0. The maximum atomic E-state index is 5.84. The highest BCUT2D eigenvalue weighted by Gasteiger charge is 2.38. The van der Waals surface area contributed by atoms with Gasteiger partial charge in [0.2, 0.25) is 0 Å². The number of pyridine rings is 1. The SMILES string of the molecule is c1nn(C2CCCCO2)cc1-c1cc2ccn(CC3CC4CCC3N4)c2cn1. The molecular formula is C22H27N5O. The van der Waals surface area contributed by atoms with Crippen molar-refractivity contribution in [2.45, 2.75) is 63.4 Å². The maximum Gasteiger partial charge on any atom is 0.150 e. The van der Waals surface area contributed by atoms with Gasteiger partial charge in [0, 0.05) is 48.6 Å². The lowest BCUT2D eigenvalue weighted by Crippen LogP contribution is -2.25. The van der Waals surface area contributed by atoms with E-state index in [0.717, 1.165) is 49.2 Å². The first kappa shape index (κ1) is 16.7. The first-order valence-electron chi connectivity index (χ1n) is 10.7. The highest BCUT2D eigenvalue weighted by atomic mass is 16.5. The summed E-state index contributed by atoms with van der Waals surface area (Å²) in [6.07, 6.45) is 15.7. The molecule has 0 saturated carbocycles. The molecule has 6 rings (SSSR count). The van der Waals surface area contributed by atoms with E-state index in [1.165, 1.54) is 36.6 Å². The van der Waals surface area contributed by atoms with Crippen LogP contribution in [0.5, 0.6) is 0 Å². The lowest BCUT2D eigenvalue weighted by molar-refractivity contribution is -0.0394. The summed E-state index contributed by atoms with van der Waals surface area (Å²) in [5.41, 5.74) is 3.27. The van der Waals surface area contributed by atoms with Gasteiger partial charge in [0.1, 0.15) is 6.23 Å². The Morgan fingerprint density at radius 3 is 3.00 bits per heavy atom. The Hall–Kier alpha value is -2.18. The fourth-order valence-electron chi connectivity index (χ4n) is 5.36. The van der Waals surface area contributed by atoms with E-state index in [4.69, 9.17) is 9.72 Å². The van der Waals surface area contributed by atoms with Crippen LogP contribution in [0.4, 0.5) is 0 Å². The first-order valence-corrected chi connectivity index (χ1v) is 10.7. The highest BCUT2D eigenvalue weighted by Crippen LogP contribution is 2.35. The number of nitrogens with zero attached hydrogens (tertiary/aromatic N) is 4. The zero-order chi connectivity index (χ0) is 18.5. The topological polar surface area (TPSA) is 56.9 Å².